The Labute approximate surface area is 81.1 Å². The normalized spacial score (nSPS) is 9.43. The fourth-order valence-corrected chi connectivity index (χ4v) is 0.999. The lowest BCUT2D eigenvalue weighted by Crippen LogP contribution is -2.07. The van der Waals surface area contributed by atoms with Crippen molar-refractivity contribution in [2.24, 2.45) is 0 Å². The highest BCUT2D eigenvalue weighted by Crippen LogP contribution is 2.02. The van der Waals surface area contributed by atoms with E-state index in [1.165, 1.54) is 0 Å². The van der Waals surface area contributed by atoms with Crippen LogP contribution in [-0.4, -0.2) is 23.7 Å². The largest absolute Gasteiger partial charge is 0.505 e. The van der Waals surface area contributed by atoms with Gasteiger partial charge in [0.25, 0.3) is 0 Å². The minimum Gasteiger partial charge on any atom is -0.450 e. The maximum absolute atomic E-state index is 11.4. The maximum atomic E-state index is 11.4. The minimum atomic E-state index is -1.36. The molecule has 1 N–H and O–H groups in total. The van der Waals surface area contributed by atoms with Crippen LogP contribution in [0, 0.1) is 0 Å². The lowest BCUT2D eigenvalue weighted by atomic mass is 10.1. The molecule has 0 saturated carbocycles. The Hall–Kier alpha value is -1.84. The quantitative estimate of drug-likeness (QED) is 0.587. The number of carbonyl (C=O) groups excluding carboxylic acids is 1. The second kappa shape index (κ2) is 5.01. The van der Waals surface area contributed by atoms with Crippen molar-refractivity contribution in [2.45, 2.75) is 6.42 Å². The zero-order valence-corrected chi connectivity index (χ0v) is 7.47. The molecule has 1 rings (SSSR count). The molecule has 0 atom stereocenters. The smallest absolute Gasteiger partial charge is 0.450 e. The van der Waals surface area contributed by atoms with Crippen LogP contribution in [0.15, 0.2) is 30.3 Å². The predicted octanol–water partition coefficient (Wildman–Crippen LogP) is 1.95. The average molecular weight is 194 g/mol. The van der Waals surface area contributed by atoms with Crippen molar-refractivity contribution in [1.29, 1.82) is 0 Å². The number of hydrogen-bond donors (Lipinski definition) is 1. The summed E-state index contributed by atoms with van der Waals surface area (Å²) < 4.78 is 4.23. The molecular formula is C10H10O4. The van der Waals surface area contributed by atoms with E-state index < -0.39 is 6.16 Å². The molecule has 1 aromatic carbocycles. The van der Waals surface area contributed by atoms with Crippen LogP contribution in [0.25, 0.3) is 0 Å². The van der Waals surface area contributed by atoms with Gasteiger partial charge >= 0.3 is 6.16 Å². The van der Waals surface area contributed by atoms with Gasteiger partial charge in [0, 0.05) is 12.0 Å². The molecule has 0 saturated heterocycles. The molecule has 1 aromatic rings. The average Bonchev–Trinajstić information content (AvgIpc) is 2.18. The summed E-state index contributed by atoms with van der Waals surface area (Å²) in [6.45, 7) is -0.0942. The first-order valence-electron chi connectivity index (χ1n) is 4.14. The summed E-state index contributed by atoms with van der Waals surface area (Å²) in [5.41, 5.74) is 0.571. The van der Waals surface area contributed by atoms with Gasteiger partial charge in [0.2, 0.25) is 0 Å². The number of ether oxygens (including phenoxy) is 1. The molecule has 0 spiro atoms. The van der Waals surface area contributed by atoms with Crippen molar-refractivity contribution in [3.05, 3.63) is 35.9 Å². The highest BCUT2D eigenvalue weighted by molar-refractivity contribution is 5.96. The Morgan fingerprint density at radius 3 is 2.43 bits per heavy atom. The number of hydrogen-bond acceptors (Lipinski definition) is 3. The molecule has 0 aromatic heterocycles. The summed E-state index contributed by atoms with van der Waals surface area (Å²) in [4.78, 5) is 21.3. The molecule has 0 amide bonds. The van der Waals surface area contributed by atoms with Crippen molar-refractivity contribution < 1.29 is 19.4 Å². The van der Waals surface area contributed by atoms with Crippen molar-refractivity contribution in [3.8, 4) is 0 Å². The highest BCUT2D eigenvalue weighted by Gasteiger charge is 2.05. The zero-order valence-electron chi connectivity index (χ0n) is 7.47. The van der Waals surface area contributed by atoms with Gasteiger partial charge in [-0.2, -0.15) is 0 Å². The topological polar surface area (TPSA) is 63.6 Å². The molecule has 0 radical (unpaired) electrons. The van der Waals surface area contributed by atoms with Gasteiger partial charge in [0.15, 0.2) is 5.78 Å². The fourth-order valence-electron chi connectivity index (χ4n) is 0.999. The van der Waals surface area contributed by atoms with Crippen LogP contribution in [0.5, 0.6) is 0 Å². The molecule has 4 nitrogen and oxygen atoms in total. The third-order valence-corrected chi connectivity index (χ3v) is 1.65. The van der Waals surface area contributed by atoms with Gasteiger partial charge in [0.1, 0.15) is 6.61 Å². The second-order valence-corrected chi connectivity index (χ2v) is 2.65. The summed E-state index contributed by atoms with van der Waals surface area (Å²) >= 11 is 0. The van der Waals surface area contributed by atoms with E-state index in [9.17, 15) is 9.59 Å². The number of rotatable bonds is 4. The zero-order chi connectivity index (χ0) is 10.4. The van der Waals surface area contributed by atoms with Gasteiger partial charge in [-0.25, -0.2) is 4.79 Å². The standard InChI is InChI=1S/C10H10O4/c11-9(6-7-14-10(12)13)8-4-2-1-3-5-8/h1-5H,6-7H2,(H,12,13). The molecule has 74 valence electrons. The Morgan fingerprint density at radius 1 is 1.21 bits per heavy atom. The lowest BCUT2D eigenvalue weighted by Gasteiger charge is -2.00. The van der Waals surface area contributed by atoms with Crippen LogP contribution in [0.1, 0.15) is 16.8 Å². The second-order valence-electron chi connectivity index (χ2n) is 2.65. The van der Waals surface area contributed by atoms with Crippen LogP contribution >= 0.6 is 0 Å². The van der Waals surface area contributed by atoms with Crippen molar-refractivity contribution >= 4 is 11.9 Å². The first-order valence-corrected chi connectivity index (χ1v) is 4.14. The number of Topliss-reactive ketones (excluding diaryl/α,β-unsaturated/α-hetero) is 1. The van der Waals surface area contributed by atoms with Crippen LogP contribution in [-0.2, 0) is 4.74 Å². The molecule has 0 fully saturated rings. The van der Waals surface area contributed by atoms with Crippen LogP contribution in [0.4, 0.5) is 4.79 Å². The minimum absolute atomic E-state index is 0.0797. The third kappa shape index (κ3) is 3.26. The van der Waals surface area contributed by atoms with E-state index in [0.29, 0.717) is 5.56 Å². The lowest BCUT2D eigenvalue weighted by molar-refractivity contribution is 0.0811. The summed E-state index contributed by atoms with van der Waals surface area (Å²) in [6, 6.07) is 8.69. The molecule has 0 unspecified atom stereocenters. The summed E-state index contributed by atoms with van der Waals surface area (Å²) in [7, 11) is 0. The monoisotopic (exact) mass is 194 g/mol. The summed E-state index contributed by atoms with van der Waals surface area (Å²) in [5.74, 6) is -0.119. The Bertz CT molecular complexity index is 318. The highest BCUT2D eigenvalue weighted by atomic mass is 16.7. The van der Waals surface area contributed by atoms with Crippen molar-refractivity contribution in [1.82, 2.24) is 0 Å². The van der Waals surface area contributed by atoms with E-state index >= 15 is 0 Å². The van der Waals surface area contributed by atoms with E-state index in [1.807, 2.05) is 6.07 Å². The summed E-state index contributed by atoms with van der Waals surface area (Å²) in [5, 5.41) is 8.16. The van der Waals surface area contributed by atoms with Crippen molar-refractivity contribution in [3.63, 3.8) is 0 Å². The fraction of sp³-hybridized carbons (Fsp3) is 0.200. The predicted molar refractivity (Wildman–Crippen MR) is 49.4 cm³/mol. The molecule has 0 aliphatic rings. The SMILES string of the molecule is O=C(O)OCCC(=O)c1ccccc1. The molecule has 0 aliphatic heterocycles. The van der Waals surface area contributed by atoms with Crippen LogP contribution in [0.3, 0.4) is 0 Å². The molecule has 4 heteroatoms. The Morgan fingerprint density at radius 2 is 1.86 bits per heavy atom. The van der Waals surface area contributed by atoms with Crippen LogP contribution < -0.4 is 0 Å². The maximum Gasteiger partial charge on any atom is 0.505 e. The number of carboxylic acid groups (broad SMARTS) is 1. The molecule has 0 bridgehead atoms. The van der Waals surface area contributed by atoms with Gasteiger partial charge in [-0.05, 0) is 0 Å². The Balaban J connectivity index is 2.40. The Kier molecular flexibility index (Phi) is 3.67. The van der Waals surface area contributed by atoms with Gasteiger partial charge in [-0.1, -0.05) is 30.3 Å². The first-order chi connectivity index (χ1) is 6.70. The molecule has 0 aliphatic carbocycles. The van der Waals surface area contributed by atoms with Gasteiger partial charge in [-0.15, -0.1) is 0 Å². The number of carbonyl (C=O) groups is 2. The first kappa shape index (κ1) is 10.2. The van der Waals surface area contributed by atoms with E-state index in [2.05, 4.69) is 4.74 Å². The molecule has 0 heterocycles. The van der Waals surface area contributed by atoms with E-state index in [-0.39, 0.29) is 18.8 Å². The number of ketones is 1. The van der Waals surface area contributed by atoms with Gasteiger partial charge in [-0.3, -0.25) is 4.79 Å². The van der Waals surface area contributed by atoms with E-state index in [4.69, 9.17) is 5.11 Å². The third-order valence-electron chi connectivity index (χ3n) is 1.65. The van der Waals surface area contributed by atoms with Crippen molar-refractivity contribution in [2.75, 3.05) is 6.61 Å². The summed E-state index contributed by atoms with van der Waals surface area (Å²) in [6.07, 6.45) is -1.28. The van der Waals surface area contributed by atoms with Gasteiger partial charge in [0.05, 0.1) is 0 Å². The van der Waals surface area contributed by atoms with Gasteiger partial charge < -0.3 is 9.84 Å². The molecule has 14 heavy (non-hydrogen) atoms. The number of benzene rings is 1. The van der Waals surface area contributed by atoms with E-state index in [1.54, 1.807) is 24.3 Å². The van der Waals surface area contributed by atoms with E-state index in [0.717, 1.165) is 0 Å². The molecular weight excluding hydrogens is 184 g/mol. The van der Waals surface area contributed by atoms with Crippen LogP contribution in [0.2, 0.25) is 0 Å².